The predicted octanol–water partition coefficient (Wildman–Crippen LogP) is 2.43. The minimum atomic E-state index is -0.437. The number of hydrogen-bond acceptors (Lipinski definition) is 3. The third kappa shape index (κ3) is 7.14. The average Bonchev–Trinajstić information content (AvgIpc) is 2.43. The summed E-state index contributed by atoms with van der Waals surface area (Å²) in [5.74, 6) is 0.794. The van der Waals surface area contributed by atoms with Gasteiger partial charge in [0.15, 0.2) is 0 Å². The van der Waals surface area contributed by atoms with Gasteiger partial charge in [-0.2, -0.15) is 0 Å². The van der Waals surface area contributed by atoms with Gasteiger partial charge in [0.1, 0.15) is 5.75 Å². The van der Waals surface area contributed by atoms with Crippen molar-refractivity contribution >= 4 is 5.91 Å². The fourth-order valence-electron chi connectivity index (χ4n) is 1.81. The molecule has 0 aliphatic heterocycles. The molecule has 1 atom stereocenters. The van der Waals surface area contributed by atoms with Crippen LogP contribution < -0.4 is 10.1 Å². The lowest BCUT2D eigenvalue weighted by molar-refractivity contribution is -0.121. The van der Waals surface area contributed by atoms with Crippen molar-refractivity contribution in [2.45, 2.75) is 45.6 Å². The molecule has 0 aliphatic carbocycles. The summed E-state index contributed by atoms with van der Waals surface area (Å²) in [5.41, 5.74) is 1.20. The molecule has 1 unspecified atom stereocenters. The number of nitrogens with one attached hydrogen (secondary N) is 1. The molecular formula is C16H25NO3. The van der Waals surface area contributed by atoms with Crippen LogP contribution in [0.15, 0.2) is 24.3 Å². The molecule has 4 nitrogen and oxygen atoms in total. The third-order valence-corrected chi connectivity index (χ3v) is 2.99. The first kappa shape index (κ1) is 16.5. The molecule has 0 bridgehead atoms. The van der Waals surface area contributed by atoms with E-state index in [1.165, 1.54) is 5.56 Å². The summed E-state index contributed by atoms with van der Waals surface area (Å²) < 4.78 is 5.55. The zero-order valence-electron chi connectivity index (χ0n) is 12.4. The van der Waals surface area contributed by atoms with Gasteiger partial charge in [-0.3, -0.25) is 4.79 Å². The number of carbonyl (C=O) groups is 1. The minimum Gasteiger partial charge on any atom is -0.494 e. The summed E-state index contributed by atoms with van der Waals surface area (Å²) >= 11 is 0. The number of hydrogen-bond donors (Lipinski definition) is 2. The van der Waals surface area contributed by atoms with Gasteiger partial charge in [0.25, 0.3) is 0 Å². The van der Waals surface area contributed by atoms with Crippen molar-refractivity contribution in [3.63, 3.8) is 0 Å². The summed E-state index contributed by atoms with van der Waals surface area (Å²) in [4.78, 5) is 11.5. The maximum Gasteiger partial charge on any atom is 0.220 e. The van der Waals surface area contributed by atoms with Gasteiger partial charge in [0.2, 0.25) is 5.91 Å². The summed E-state index contributed by atoms with van der Waals surface area (Å²) in [6.45, 7) is 4.90. The van der Waals surface area contributed by atoms with Crippen molar-refractivity contribution in [2.24, 2.45) is 0 Å². The van der Waals surface area contributed by atoms with Crippen LogP contribution in [0.5, 0.6) is 5.75 Å². The molecular weight excluding hydrogens is 254 g/mol. The van der Waals surface area contributed by atoms with E-state index in [0.717, 1.165) is 18.6 Å². The molecule has 20 heavy (non-hydrogen) atoms. The van der Waals surface area contributed by atoms with E-state index >= 15 is 0 Å². The zero-order chi connectivity index (χ0) is 14.8. The first-order chi connectivity index (χ1) is 9.61. The highest BCUT2D eigenvalue weighted by molar-refractivity contribution is 5.75. The highest BCUT2D eigenvalue weighted by atomic mass is 16.5. The van der Waals surface area contributed by atoms with Crippen molar-refractivity contribution in [3.05, 3.63) is 29.8 Å². The maximum absolute atomic E-state index is 11.5. The second-order valence-electron chi connectivity index (χ2n) is 5.01. The Balaban J connectivity index is 2.08. The van der Waals surface area contributed by atoms with Crippen LogP contribution >= 0.6 is 0 Å². The lowest BCUT2D eigenvalue weighted by Crippen LogP contribution is -2.32. The normalized spacial score (nSPS) is 11.9. The second-order valence-corrected chi connectivity index (χ2v) is 5.01. The van der Waals surface area contributed by atoms with Gasteiger partial charge in [-0.25, -0.2) is 0 Å². The van der Waals surface area contributed by atoms with Crippen LogP contribution in [-0.2, 0) is 4.79 Å². The molecule has 0 fully saturated rings. The second kappa shape index (κ2) is 9.37. The van der Waals surface area contributed by atoms with Gasteiger partial charge in [-0.05, 0) is 31.9 Å². The highest BCUT2D eigenvalue weighted by Gasteiger charge is 2.06. The van der Waals surface area contributed by atoms with Crippen LogP contribution in [0.1, 0.15) is 38.2 Å². The Morgan fingerprint density at radius 1 is 1.35 bits per heavy atom. The number of carbonyl (C=O) groups excluding carboxylic acids is 1. The summed E-state index contributed by atoms with van der Waals surface area (Å²) in [5, 5.41) is 12.2. The van der Waals surface area contributed by atoms with E-state index in [9.17, 15) is 9.90 Å². The standard InChI is InChI=1S/C16H25NO3/c1-3-5-14(18)12-17-16(19)6-4-11-20-15-9-7-13(2)8-10-15/h7-10,14,18H,3-6,11-12H2,1-2H3,(H,17,19). The highest BCUT2D eigenvalue weighted by Crippen LogP contribution is 2.11. The van der Waals surface area contributed by atoms with Crippen molar-refractivity contribution in [3.8, 4) is 5.75 Å². The van der Waals surface area contributed by atoms with Crippen molar-refractivity contribution in [1.29, 1.82) is 0 Å². The Morgan fingerprint density at radius 2 is 2.05 bits per heavy atom. The van der Waals surface area contributed by atoms with E-state index in [0.29, 0.717) is 26.0 Å². The molecule has 1 rings (SSSR count). The first-order valence-corrected chi connectivity index (χ1v) is 7.26. The molecule has 4 heteroatoms. The number of aliphatic hydroxyl groups excluding tert-OH is 1. The van der Waals surface area contributed by atoms with E-state index in [-0.39, 0.29) is 5.91 Å². The number of aliphatic hydroxyl groups is 1. The Bertz CT molecular complexity index is 389. The third-order valence-electron chi connectivity index (χ3n) is 2.99. The molecule has 0 heterocycles. The van der Waals surface area contributed by atoms with Gasteiger partial charge >= 0.3 is 0 Å². The largest absolute Gasteiger partial charge is 0.494 e. The molecule has 1 aromatic carbocycles. The van der Waals surface area contributed by atoms with Crippen LogP contribution in [0.4, 0.5) is 0 Å². The summed E-state index contributed by atoms with van der Waals surface area (Å²) in [6, 6.07) is 7.85. The molecule has 1 amide bonds. The average molecular weight is 279 g/mol. The molecule has 0 saturated heterocycles. The number of amides is 1. The van der Waals surface area contributed by atoms with E-state index in [1.54, 1.807) is 0 Å². The van der Waals surface area contributed by atoms with E-state index in [4.69, 9.17) is 4.74 Å². The lowest BCUT2D eigenvalue weighted by atomic mass is 10.2. The van der Waals surface area contributed by atoms with E-state index in [1.807, 2.05) is 38.1 Å². The van der Waals surface area contributed by atoms with E-state index in [2.05, 4.69) is 5.32 Å². The number of benzene rings is 1. The van der Waals surface area contributed by atoms with Gasteiger partial charge in [0, 0.05) is 13.0 Å². The Kier molecular flexibility index (Phi) is 7.73. The predicted molar refractivity (Wildman–Crippen MR) is 79.8 cm³/mol. The van der Waals surface area contributed by atoms with Gasteiger partial charge < -0.3 is 15.2 Å². The number of ether oxygens (including phenoxy) is 1. The van der Waals surface area contributed by atoms with E-state index < -0.39 is 6.10 Å². The Hall–Kier alpha value is -1.55. The minimum absolute atomic E-state index is 0.0346. The zero-order valence-corrected chi connectivity index (χ0v) is 12.4. The molecule has 1 aromatic rings. The van der Waals surface area contributed by atoms with Crippen LogP contribution in [0.3, 0.4) is 0 Å². The lowest BCUT2D eigenvalue weighted by Gasteiger charge is -2.11. The van der Waals surface area contributed by atoms with Crippen LogP contribution in [0, 0.1) is 6.92 Å². The summed E-state index contributed by atoms with van der Waals surface area (Å²) in [6.07, 6.45) is 2.29. The molecule has 0 spiro atoms. The molecule has 0 aromatic heterocycles. The smallest absolute Gasteiger partial charge is 0.220 e. The Labute approximate surface area is 121 Å². The number of rotatable bonds is 9. The summed E-state index contributed by atoms with van der Waals surface area (Å²) in [7, 11) is 0. The van der Waals surface area contributed by atoms with Crippen LogP contribution in [0.25, 0.3) is 0 Å². The molecule has 0 saturated carbocycles. The van der Waals surface area contributed by atoms with Gasteiger partial charge in [0.05, 0.1) is 12.7 Å². The fourth-order valence-corrected chi connectivity index (χ4v) is 1.81. The van der Waals surface area contributed by atoms with Crippen molar-refractivity contribution in [2.75, 3.05) is 13.2 Å². The molecule has 112 valence electrons. The van der Waals surface area contributed by atoms with Crippen LogP contribution in [0.2, 0.25) is 0 Å². The quantitative estimate of drug-likeness (QED) is 0.683. The topological polar surface area (TPSA) is 58.6 Å². The van der Waals surface area contributed by atoms with Crippen molar-refractivity contribution in [1.82, 2.24) is 5.32 Å². The maximum atomic E-state index is 11.5. The molecule has 2 N–H and O–H groups in total. The molecule has 0 aliphatic rings. The SMILES string of the molecule is CCCC(O)CNC(=O)CCCOc1ccc(C)cc1. The van der Waals surface area contributed by atoms with Gasteiger partial charge in [-0.15, -0.1) is 0 Å². The van der Waals surface area contributed by atoms with Crippen molar-refractivity contribution < 1.29 is 14.6 Å². The van der Waals surface area contributed by atoms with Gasteiger partial charge in [-0.1, -0.05) is 31.0 Å². The fraction of sp³-hybridized carbons (Fsp3) is 0.562. The first-order valence-electron chi connectivity index (χ1n) is 7.26. The van der Waals surface area contributed by atoms with Crippen LogP contribution in [-0.4, -0.2) is 30.3 Å². The Morgan fingerprint density at radius 3 is 2.70 bits per heavy atom. The monoisotopic (exact) mass is 279 g/mol. The number of aryl methyl sites for hydroxylation is 1. The molecule has 0 radical (unpaired) electrons.